The summed E-state index contributed by atoms with van der Waals surface area (Å²) < 4.78 is 5.67. The molecule has 29 heavy (non-hydrogen) atoms. The van der Waals surface area contributed by atoms with E-state index < -0.39 is 11.8 Å². The number of benzene rings is 3. The summed E-state index contributed by atoms with van der Waals surface area (Å²) in [5, 5.41) is 8.50. The topological polar surface area (TPSA) is 79.8 Å². The molecule has 0 heterocycles. The highest BCUT2D eigenvalue weighted by atomic mass is 16.5. The van der Waals surface area contributed by atoms with Crippen LogP contribution < -0.4 is 15.5 Å². The average Bonchev–Trinajstić information content (AvgIpc) is 2.72. The van der Waals surface area contributed by atoms with Gasteiger partial charge in [0.25, 0.3) is 0 Å². The minimum absolute atomic E-state index is 0.504. The molecule has 0 bridgehead atoms. The minimum atomic E-state index is -0.849. The van der Waals surface area contributed by atoms with Crippen LogP contribution in [0.5, 0.6) is 5.75 Å². The standard InChI is InChI=1S/C23H23N3O3/c1-4-29-21-12-10-17-7-5-6-8-19(17)20(21)14-24-26-23(28)22(27)25-18-11-9-15(2)16(3)13-18/h5-14H,4H2,1-3H3,(H,25,27)(H,26,28)/b24-14-. The lowest BCUT2D eigenvalue weighted by atomic mass is 10.0. The highest BCUT2D eigenvalue weighted by molar-refractivity contribution is 6.39. The third kappa shape index (κ3) is 4.79. The monoisotopic (exact) mass is 389 g/mol. The summed E-state index contributed by atoms with van der Waals surface area (Å²) >= 11 is 0. The molecule has 0 aliphatic rings. The third-order valence-corrected chi connectivity index (χ3v) is 4.56. The van der Waals surface area contributed by atoms with Gasteiger partial charge in [0.2, 0.25) is 0 Å². The molecule has 0 aliphatic heterocycles. The lowest BCUT2D eigenvalue weighted by molar-refractivity contribution is -0.136. The Bertz CT molecular complexity index is 1090. The van der Waals surface area contributed by atoms with E-state index in [2.05, 4.69) is 15.8 Å². The summed E-state index contributed by atoms with van der Waals surface area (Å²) in [7, 11) is 0. The van der Waals surface area contributed by atoms with Crippen LogP contribution in [0.1, 0.15) is 23.6 Å². The zero-order chi connectivity index (χ0) is 20.8. The highest BCUT2D eigenvalue weighted by Gasteiger charge is 2.13. The maximum Gasteiger partial charge on any atom is 0.329 e. The molecule has 148 valence electrons. The van der Waals surface area contributed by atoms with Crippen molar-refractivity contribution in [3.8, 4) is 5.75 Å². The van der Waals surface area contributed by atoms with E-state index in [1.165, 1.54) is 6.21 Å². The molecular formula is C23H23N3O3. The molecule has 0 spiro atoms. The number of hydrazone groups is 1. The third-order valence-electron chi connectivity index (χ3n) is 4.56. The van der Waals surface area contributed by atoms with Crippen LogP contribution in [0, 0.1) is 13.8 Å². The van der Waals surface area contributed by atoms with Crippen LogP contribution >= 0.6 is 0 Å². The summed E-state index contributed by atoms with van der Waals surface area (Å²) in [6.45, 7) is 6.32. The summed E-state index contributed by atoms with van der Waals surface area (Å²) in [4.78, 5) is 24.2. The van der Waals surface area contributed by atoms with E-state index in [4.69, 9.17) is 4.74 Å². The SMILES string of the molecule is CCOc1ccc2ccccc2c1/C=N\NC(=O)C(=O)Nc1ccc(C)c(C)c1. The number of rotatable bonds is 5. The quantitative estimate of drug-likeness (QED) is 0.394. The van der Waals surface area contributed by atoms with Crippen LogP contribution in [0.2, 0.25) is 0 Å². The van der Waals surface area contributed by atoms with Crippen molar-refractivity contribution in [3.05, 3.63) is 71.3 Å². The van der Waals surface area contributed by atoms with Crippen molar-refractivity contribution >= 4 is 34.5 Å². The van der Waals surface area contributed by atoms with Crippen LogP contribution in [0.4, 0.5) is 5.69 Å². The molecule has 2 N–H and O–H groups in total. The number of nitrogens with one attached hydrogen (secondary N) is 2. The van der Waals surface area contributed by atoms with Crippen molar-refractivity contribution in [2.24, 2.45) is 5.10 Å². The molecule has 0 fully saturated rings. The lowest BCUT2D eigenvalue weighted by Crippen LogP contribution is -2.32. The van der Waals surface area contributed by atoms with Gasteiger partial charge >= 0.3 is 11.8 Å². The first-order chi connectivity index (χ1) is 14.0. The number of carbonyl (C=O) groups excluding carboxylic acids is 2. The van der Waals surface area contributed by atoms with Crippen LogP contribution in [0.15, 0.2) is 59.7 Å². The second-order valence-electron chi connectivity index (χ2n) is 6.58. The Labute approximate surface area is 169 Å². The summed E-state index contributed by atoms with van der Waals surface area (Å²) in [6, 6.07) is 17.1. The number of carbonyl (C=O) groups is 2. The Morgan fingerprint density at radius 3 is 2.55 bits per heavy atom. The number of ether oxygens (including phenoxy) is 1. The maximum absolute atomic E-state index is 12.1. The predicted molar refractivity (Wildman–Crippen MR) is 115 cm³/mol. The molecule has 6 nitrogen and oxygen atoms in total. The van der Waals surface area contributed by atoms with E-state index in [0.29, 0.717) is 18.0 Å². The van der Waals surface area contributed by atoms with E-state index in [-0.39, 0.29) is 0 Å². The van der Waals surface area contributed by atoms with Gasteiger partial charge in [-0.25, -0.2) is 5.43 Å². The van der Waals surface area contributed by atoms with Gasteiger partial charge < -0.3 is 10.1 Å². The van der Waals surface area contributed by atoms with Gasteiger partial charge in [0.1, 0.15) is 5.75 Å². The van der Waals surface area contributed by atoms with Gasteiger partial charge in [-0.1, -0.05) is 36.4 Å². The van der Waals surface area contributed by atoms with Crippen molar-refractivity contribution in [2.75, 3.05) is 11.9 Å². The molecule has 0 saturated heterocycles. The fourth-order valence-corrected chi connectivity index (χ4v) is 2.90. The van der Waals surface area contributed by atoms with Gasteiger partial charge in [-0.3, -0.25) is 9.59 Å². The van der Waals surface area contributed by atoms with E-state index in [9.17, 15) is 9.59 Å². The number of aryl methyl sites for hydroxylation is 2. The van der Waals surface area contributed by atoms with Crippen molar-refractivity contribution in [1.29, 1.82) is 0 Å². The fraction of sp³-hybridized carbons (Fsp3) is 0.174. The number of fused-ring (bicyclic) bond motifs is 1. The molecule has 3 rings (SSSR count). The number of anilines is 1. The van der Waals surface area contributed by atoms with Gasteiger partial charge in [-0.2, -0.15) is 5.10 Å². The number of nitrogens with zero attached hydrogens (tertiary/aromatic N) is 1. The van der Waals surface area contributed by atoms with Crippen LogP contribution in [0.3, 0.4) is 0 Å². The minimum Gasteiger partial charge on any atom is -0.493 e. The Morgan fingerprint density at radius 2 is 1.79 bits per heavy atom. The van der Waals surface area contributed by atoms with Crippen molar-refractivity contribution in [3.63, 3.8) is 0 Å². The van der Waals surface area contributed by atoms with Crippen molar-refractivity contribution < 1.29 is 14.3 Å². The molecule has 0 atom stereocenters. The average molecular weight is 389 g/mol. The van der Waals surface area contributed by atoms with Crippen molar-refractivity contribution in [2.45, 2.75) is 20.8 Å². The number of hydrogen-bond acceptors (Lipinski definition) is 4. The first-order valence-electron chi connectivity index (χ1n) is 9.35. The van der Waals surface area contributed by atoms with E-state index in [1.54, 1.807) is 6.07 Å². The smallest absolute Gasteiger partial charge is 0.329 e. The second-order valence-corrected chi connectivity index (χ2v) is 6.58. The Morgan fingerprint density at radius 1 is 1.00 bits per heavy atom. The van der Waals surface area contributed by atoms with Crippen LogP contribution in [-0.2, 0) is 9.59 Å². The first-order valence-corrected chi connectivity index (χ1v) is 9.35. The number of hydrogen-bond donors (Lipinski definition) is 2. The predicted octanol–water partition coefficient (Wildman–Crippen LogP) is 3.94. The van der Waals surface area contributed by atoms with E-state index in [0.717, 1.165) is 27.5 Å². The largest absolute Gasteiger partial charge is 0.493 e. The van der Waals surface area contributed by atoms with Crippen LogP contribution in [-0.4, -0.2) is 24.6 Å². The van der Waals surface area contributed by atoms with Gasteiger partial charge in [0, 0.05) is 11.3 Å². The molecule has 0 saturated carbocycles. The molecular weight excluding hydrogens is 366 g/mol. The molecule has 2 amide bonds. The second kappa shape index (κ2) is 9.01. The molecule has 0 aromatic heterocycles. The van der Waals surface area contributed by atoms with Gasteiger partial charge in [0.05, 0.1) is 12.8 Å². The molecule has 6 heteroatoms. The highest BCUT2D eigenvalue weighted by Crippen LogP contribution is 2.26. The molecule has 0 unspecified atom stereocenters. The van der Waals surface area contributed by atoms with Crippen molar-refractivity contribution in [1.82, 2.24) is 5.43 Å². The Kier molecular flexibility index (Phi) is 6.24. The zero-order valence-electron chi connectivity index (χ0n) is 16.7. The lowest BCUT2D eigenvalue weighted by Gasteiger charge is -2.10. The van der Waals surface area contributed by atoms with Gasteiger partial charge in [-0.15, -0.1) is 0 Å². The zero-order valence-corrected chi connectivity index (χ0v) is 16.7. The Balaban J connectivity index is 1.73. The summed E-state index contributed by atoms with van der Waals surface area (Å²) in [5.74, 6) is -0.977. The fourth-order valence-electron chi connectivity index (χ4n) is 2.90. The summed E-state index contributed by atoms with van der Waals surface area (Å²) in [6.07, 6.45) is 1.49. The van der Waals surface area contributed by atoms with Gasteiger partial charge in [0.15, 0.2) is 0 Å². The first kappa shape index (κ1) is 20.1. The molecule has 0 aliphatic carbocycles. The molecule has 3 aromatic carbocycles. The van der Waals surface area contributed by atoms with Crippen LogP contribution in [0.25, 0.3) is 10.8 Å². The van der Waals surface area contributed by atoms with Gasteiger partial charge in [-0.05, 0) is 60.9 Å². The van der Waals surface area contributed by atoms with E-state index >= 15 is 0 Å². The summed E-state index contributed by atoms with van der Waals surface area (Å²) in [5.41, 5.74) is 5.71. The molecule has 3 aromatic rings. The normalized spacial score (nSPS) is 10.9. The Hall–Kier alpha value is -3.67. The van der Waals surface area contributed by atoms with E-state index in [1.807, 2.05) is 69.3 Å². The maximum atomic E-state index is 12.1. The number of amides is 2. The molecule has 0 radical (unpaired) electrons.